The zero-order valence-electron chi connectivity index (χ0n) is 11.7. The average molecular weight is 277 g/mol. The van der Waals surface area contributed by atoms with Gasteiger partial charge < -0.3 is 10.1 Å². The smallest absolute Gasteiger partial charge is 0.146 e. The topological polar surface area (TPSA) is 21.3 Å². The van der Waals surface area contributed by atoms with Crippen molar-refractivity contribution in [3.8, 4) is 5.75 Å². The van der Waals surface area contributed by atoms with Crippen LogP contribution in [0.3, 0.4) is 0 Å². The van der Waals surface area contributed by atoms with Gasteiger partial charge in [-0.2, -0.15) is 0 Å². The van der Waals surface area contributed by atoms with E-state index in [9.17, 15) is 8.78 Å². The SMILES string of the molecule is COc1ccc(C(C)(C)Nc2cc(F)ccc2F)cc1. The van der Waals surface area contributed by atoms with Gasteiger partial charge in [-0.25, -0.2) is 8.78 Å². The van der Waals surface area contributed by atoms with Crippen molar-refractivity contribution in [2.75, 3.05) is 12.4 Å². The fraction of sp³-hybridized carbons (Fsp3) is 0.250. The molecule has 20 heavy (non-hydrogen) atoms. The second kappa shape index (κ2) is 5.49. The normalized spacial score (nSPS) is 11.2. The van der Waals surface area contributed by atoms with E-state index in [1.165, 1.54) is 0 Å². The first kappa shape index (κ1) is 14.3. The highest BCUT2D eigenvalue weighted by atomic mass is 19.1. The van der Waals surface area contributed by atoms with Crippen LogP contribution in [-0.4, -0.2) is 7.11 Å². The van der Waals surface area contributed by atoms with Crippen molar-refractivity contribution < 1.29 is 13.5 Å². The molecule has 0 aliphatic heterocycles. The largest absolute Gasteiger partial charge is 0.497 e. The van der Waals surface area contributed by atoms with E-state index in [2.05, 4.69) is 5.32 Å². The molecular weight excluding hydrogens is 260 g/mol. The molecule has 2 aromatic carbocycles. The molecule has 2 aromatic rings. The summed E-state index contributed by atoms with van der Waals surface area (Å²) in [7, 11) is 1.60. The van der Waals surface area contributed by atoms with Crippen LogP contribution in [0.4, 0.5) is 14.5 Å². The van der Waals surface area contributed by atoms with E-state index in [1.807, 2.05) is 38.1 Å². The molecule has 2 rings (SSSR count). The summed E-state index contributed by atoms with van der Waals surface area (Å²) in [5.74, 6) is -0.200. The van der Waals surface area contributed by atoms with Crippen LogP contribution in [0, 0.1) is 11.6 Å². The van der Waals surface area contributed by atoms with Gasteiger partial charge in [0.2, 0.25) is 0 Å². The number of ether oxygens (including phenoxy) is 1. The van der Waals surface area contributed by atoms with Gasteiger partial charge in [-0.15, -0.1) is 0 Å². The Morgan fingerprint density at radius 1 is 1.00 bits per heavy atom. The number of halogens is 2. The van der Waals surface area contributed by atoms with E-state index in [4.69, 9.17) is 4.74 Å². The van der Waals surface area contributed by atoms with Crippen molar-refractivity contribution in [1.82, 2.24) is 0 Å². The molecule has 0 saturated carbocycles. The summed E-state index contributed by atoms with van der Waals surface area (Å²) in [5.41, 5.74) is 0.550. The monoisotopic (exact) mass is 277 g/mol. The summed E-state index contributed by atoms with van der Waals surface area (Å²) >= 11 is 0. The second-order valence-corrected chi connectivity index (χ2v) is 5.10. The van der Waals surface area contributed by atoms with Crippen LogP contribution in [-0.2, 0) is 5.54 Å². The molecule has 0 bridgehead atoms. The van der Waals surface area contributed by atoms with Gasteiger partial charge in [-0.05, 0) is 49.7 Å². The Morgan fingerprint density at radius 3 is 2.25 bits per heavy atom. The van der Waals surface area contributed by atoms with Gasteiger partial charge in [-0.3, -0.25) is 0 Å². The van der Waals surface area contributed by atoms with E-state index >= 15 is 0 Å². The first-order valence-electron chi connectivity index (χ1n) is 6.30. The maximum absolute atomic E-state index is 13.7. The summed E-state index contributed by atoms with van der Waals surface area (Å²) < 4.78 is 32.0. The van der Waals surface area contributed by atoms with Gasteiger partial charge >= 0.3 is 0 Å². The number of hydrogen-bond acceptors (Lipinski definition) is 2. The molecule has 0 aromatic heterocycles. The van der Waals surface area contributed by atoms with E-state index < -0.39 is 17.2 Å². The van der Waals surface area contributed by atoms with E-state index in [1.54, 1.807) is 7.11 Å². The Hall–Kier alpha value is -2.10. The first-order valence-corrected chi connectivity index (χ1v) is 6.30. The summed E-state index contributed by atoms with van der Waals surface area (Å²) in [6, 6.07) is 10.8. The molecule has 0 saturated heterocycles. The van der Waals surface area contributed by atoms with Crippen molar-refractivity contribution in [3.05, 3.63) is 59.7 Å². The number of anilines is 1. The maximum Gasteiger partial charge on any atom is 0.146 e. The Balaban J connectivity index is 2.27. The molecule has 0 aliphatic carbocycles. The van der Waals surface area contributed by atoms with Gasteiger partial charge in [0, 0.05) is 0 Å². The zero-order chi connectivity index (χ0) is 14.8. The van der Waals surface area contributed by atoms with Crippen molar-refractivity contribution in [1.29, 1.82) is 0 Å². The lowest BCUT2D eigenvalue weighted by molar-refractivity contribution is 0.414. The van der Waals surface area contributed by atoms with Crippen molar-refractivity contribution in [2.45, 2.75) is 19.4 Å². The van der Waals surface area contributed by atoms with Crippen LogP contribution in [0.2, 0.25) is 0 Å². The Labute approximate surface area is 117 Å². The Morgan fingerprint density at radius 2 is 1.65 bits per heavy atom. The van der Waals surface area contributed by atoms with E-state index in [-0.39, 0.29) is 5.69 Å². The van der Waals surface area contributed by atoms with Gasteiger partial charge in [0.1, 0.15) is 17.4 Å². The predicted octanol–water partition coefficient (Wildman–Crippen LogP) is 4.32. The van der Waals surface area contributed by atoms with Crippen LogP contribution in [0.5, 0.6) is 5.75 Å². The summed E-state index contributed by atoms with van der Waals surface area (Å²) in [5, 5.41) is 3.03. The molecule has 106 valence electrons. The molecule has 0 fully saturated rings. The minimum atomic E-state index is -0.541. The van der Waals surface area contributed by atoms with Crippen LogP contribution < -0.4 is 10.1 Å². The predicted molar refractivity (Wildman–Crippen MR) is 76.0 cm³/mol. The fourth-order valence-electron chi connectivity index (χ4n) is 2.01. The molecule has 0 amide bonds. The van der Waals surface area contributed by atoms with E-state index in [0.29, 0.717) is 0 Å². The molecule has 0 radical (unpaired) electrons. The molecule has 2 nitrogen and oxygen atoms in total. The standard InChI is InChI=1S/C16H17F2NO/c1-16(2,11-4-7-13(20-3)8-5-11)19-15-10-12(17)6-9-14(15)18/h4-10,19H,1-3H3. The molecule has 1 N–H and O–H groups in total. The second-order valence-electron chi connectivity index (χ2n) is 5.10. The molecule has 0 unspecified atom stereocenters. The highest BCUT2D eigenvalue weighted by Gasteiger charge is 2.21. The highest BCUT2D eigenvalue weighted by Crippen LogP contribution is 2.28. The Bertz CT molecular complexity index is 594. The van der Waals surface area contributed by atoms with Gasteiger partial charge in [0.05, 0.1) is 18.3 Å². The molecule has 0 heterocycles. The third-order valence-electron chi connectivity index (χ3n) is 3.19. The first-order chi connectivity index (χ1) is 9.42. The number of rotatable bonds is 4. The van der Waals surface area contributed by atoms with Crippen LogP contribution in [0.25, 0.3) is 0 Å². The molecule has 0 aliphatic rings. The van der Waals surface area contributed by atoms with Crippen LogP contribution in [0.15, 0.2) is 42.5 Å². The summed E-state index contributed by atoms with van der Waals surface area (Å²) in [6.07, 6.45) is 0. The fourth-order valence-corrected chi connectivity index (χ4v) is 2.01. The number of benzene rings is 2. The average Bonchev–Trinajstić information content (AvgIpc) is 2.43. The third kappa shape index (κ3) is 3.07. The molecule has 4 heteroatoms. The molecule has 0 spiro atoms. The summed E-state index contributed by atoms with van der Waals surface area (Å²) in [6.45, 7) is 3.80. The Kier molecular flexibility index (Phi) is 3.93. The lowest BCUT2D eigenvalue weighted by Crippen LogP contribution is -2.28. The summed E-state index contributed by atoms with van der Waals surface area (Å²) in [4.78, 5) is 0. The number of methoxy groups -OCH3 is 1. The minimum Gasteiger partial charge on any atom is -0.497 e. The maximum atomic E-state index is 13.7. The van der Waals surface area contributed by atoms with E-state index in [0.717, 1.165) is 29.5 Å². The van der Waals surface area contributed by atoms with Crippen molar-refractivity contribution >= 4 is 5.69 Å². The third-order valence-corrected chi connectivity index (χ3v) is 3.19. The lowest BCUT2D eigenvalue weighted by Gasteiger charge is -2.28. The van der Waals surface area contributed by atoms with Gasteiger partial charge in [-0.1, -0.05) is 12.1 Å². The molecule has 0 atom stereocenters. The number of hydrogen-bond donors (Lipinski definition) is 1. The number of nitrogens with one attached hydrogen (secondary N) is 1. The molecular formula is C16H17F2NO. The lowest BCUT2D eigenvalue weighted by atomic mass is 9.94. The minimum absolute atomic E-state index is 0.144. The zero-order valence-corrected chi connectivity index (χ0v) is 11.7. The van der Waals surface area contributed by atoms with Crippen LogP contribution >= 0.6 is 0 Å². The van der Waals surface area contributed by atoms with Crippen molar-refractivity contribution in [2.24, 2.45) is 0 Å². The quantitative estimate of drug-likeness (QED) is 0.898. The highest BCUT2D eigenvalue weighted by molar-refractivity contribution is 5.49. The van der Waals surface area contributed by atoms with Crippen molar-refractivity contribution in [3.63, 3.8) is 0 Å². The van der Waals surface area contributed by atoms with Crippen LogP contribution in [0.1, 0.15) is 19.4 Å². The van der Waals surface area contributed by atoms with Gasteiger partial charge in [0.25, 0.3) is 0 Å². The van der Waals surface area contributed by atoms with Gasteiger partial charge in [0.15, 0.2) is 0 Å².